The first kappa shape index (κ1) is 20.7. The van der Waals surface area contributed by atoms with Crippen LogP contribution in [0.15, 0.2) is 16.1 Å². The number of hydrogen-bond donors (Lipinski definition) is 0. The van der Waals surface area contributed by atoms with E-state index in [1.165, 1.54) is 14.0 Å². The number of halogens is 3. The van der Waals surface area contributed by atoms with E-state index >= 15 is 0 Å². The summed E-state index contributed by atoms with van der Waals surface area (Å²) in [5.41, 5.74) is -1.38. The van der Waals surface area contributed by atoms with E-state index in [1.54, 1.807) is 19.9 Å². The number of Topliss-reactive ketones (excluding diaryl/α,β-unsaturated/α-hetero) is 1. The highest BCUT2D eigenvalue weighted by molar-refractivity contribution is 6.03. The molecule has 0 aliphatic heterocycles. The van der Waals surface area contributed by atoms with Crippen molar-refractivity contribution in [3.63, 3.8) is 0 Å². The molecular weight excluding hydrogens is 363 g/mol. The van der Waals surface area contributed by atoms with E-state index in [4.69, 9.17) is 5.26 Å². The van der Waals surface area contributed by atoms with Gasteiger partial charge in [-0.15, -0.1) is 0 Å². The number of carbonyl (C=O) groups excluding carboxylic acids is 2. The van der Waals surface area contributed by atoms with Crippen LogP contribution in [0.5, 0.6) is 0 Å². The van der Waals surface area contributed by atoms with Crippen LogP contribution in [0, 0.1) is 29.6 Å². The Balaban J connectivity index is 2.12. The van der Waals surface area contributed by atoms with Crippen molar-refractivity contribution < 1.29 is 27.2 Å². The molecule has 0 N–H and O–H groups in total. The number of ketones is 1. The largest absolute Gasteiger partial charge is 0.452 e. The third-order valence-corrected chi connectivity index (χ3v) is 4.53. The Morgan fingerprint density at radius 1 is 1.48 bits per heavy atom. The Hall–Kier alpha value is -2.63. The van der Waals surface area contributed by atoms with Crippen LogP contribution < -0.4 is 0 Å². The van der Waals surface area contributed by atoms with Crippen LogP contribution in [0.25, 0.3) is 0 Å². The average Bonchev–Trinajstić information content (AvgIpc) is 2.96. The Kier molecular flexibility index (Phi) is 5.50. The maximum atomic E-state index is 13.0. The summed E-state index contributed by atoms with van der Waals surface area (Å²) in [4.78, 5) is 29.2. The van der Waals surface area contributed by atoms with Crippen molar-refractivity contribution in [2.24, 2.45) is 11.3 Å². The van der Waals surface area contributed by atoms with E-state index in [0.29, 0.717) is 12.8 Å². The maximum absolute atomic E-state index is 13.0. The molecule has 1 aliphatic carbocycles. The number of aromatic nitrogens is 1. The van der Waals surface area contributed by atoms with Gasteiger partial charge in [0, 0.05) is 25.9 Å². The first-order valence-corrected chi connectivity index (χ1v) is 8.33. The van der Waals surface area contributed by atoms with Crippen LogP contribution in [-0.4, -0.2) is 35.2 Å². The SMILES string of the molecule is Cc1nc(C(=O)N(C)CC[C@@H]2C=C(C#N)C(=O)C(C)(C)C2)c(C(F)(F)F)o1. The van der Waals surface area contributed by atoms with Gasteiger partial charge in [0.2, 0.25) is 5.76 Å². The first-order valence-electron chi connectivity index (χ1n) is 8.33. The molecule has 1 heterocycles. The lowest BCUT2D eigenvalue weighted by Gasteiger charge is -2.32. The molecule has 0 aromatic carbocycles. The molecule has 1 aromatic heterocycles. The molecule has 1 aliphatic rings. The molecule has 27 heavy (non-hydrogen) atoms. The van der Waals surface area contributed by atoms with Crippen LogP contribution in [0.4, 0.5) is 13.2 Å². The molecule has 0 radical (unpaired) electrons. The van der Waals surface area contributed by atoms with Gasteiger partial charge in [-0.3, -0.25) is 9.59 Å². The second-order valence-electron chi connectivity index (χ2n) is 7.29. The number of amides is 1. The number of rotatable bonds is 4. The normalized spacial score (nSPS) is 19.4. The second-order valence-corrected chi connectivity index (χ2v) is 7.29. The molecule has 0 bridgehead atoms. The van der Waals surface area contributed by atoms with Gasteiger partial charge in [0.1, 0.15) is 6.07 Å². The van der Waals surface area contributed by atoms with Crippen molar-refractivity contribution in [1.29, 1.82) is 5.26 Å². The highest BCUT2D eigenvalue weighted by Gasteiger charge is 2.42. The topological polar surface area (TPSA) is 87.2 Å². The smallest absolute Gasteiger partial charge is 0.436 e. The minimum Gasteiger partial charge on any atom is -0.436 e. The molecule has 0 fully saturated rings. The summed E-state index contributed by atoms with van der Waals surface area (Å²) >= 11 is 0. The lowest BCUT2D eigenvalue weighted by atomic mass is 9.71. The summed E-state index contributed by atoms with van der Waals surface area (Å²) in [5.74, 6) is -2.90. The fraction of sp³-hybridized carbons (Fsp3) is 0.556. The first-order chi connectivity index (χ1) is 12.4. The van der Waals surface area contributed by atoms with E-state index in [-0.39, 0.29) is 29.7 Å². The van der Waals surface area contributed by atoms with Gasteiger partial charge in [-0.05, 0) is 18.8 Å². The minimum absolute atomic E-state index is 0.0803. The molecule has 1 atom stereocenters. The predicted molar refractivity (Wildman–Crippen MR) is 88.4 cm³/mol. The lowest BCUT2D eigenvalue weighted by molar-refractivity contribution is -0.153. The lowest BCUT2D eigenvalue weighted by Crippen LogP contribution is -2.35. The molecule has 0 spiro atoms. The van der Waals surface area contributed by atoms with E-state index in [1.807, 2.05) is 6.07 Å². The molecule has 6 nitrogen and oxygen atoms in total. The summed E-state index contributed by atoms with van der Waals surface area (Å²) < 4.78 is 43.5. The number of aryl methyl sites for hydroxylation is 1. The summed E-state index contributed by atoms with van der Waals surface area (Å²) in [6, 6.07) is 1.89. The molecule has 1 amide bonds. The standard InChI is InChI=1S/C18H20F3N3O3/c1-10-23-13(15(27-10)18(19,20)21)16(26)24(4)6-5-11-7-12(9-22)14(25)17(2,3)8-11/h7,11H,5-6,8H2,1-4H3/t11-/m1/s1. The van der Waals surface area contributed by atoms with Crippen LogP contribution in [0.2, 0.25) is 0 Å². The zero-order valence-electron chi connectivity index (χ0n) is 15.5. The second kappa shape index (κ2) is 7.18. The van der Waals surface area contributed by atoms with Gasteiger partial charge in [-0.2, -0.15) is 18.4 Å². The predicted octanol–water partition coefficient (Wildman–Crippen LogP) is 3.53. The van der Waals surface area contributed by atoms with Crippen molar-refractivity contribution >= 4 is 11.7 Å². The van der Waals surface area contributed by atoms with Crippen molar-refractivity contribution in [1.82, 2.24) is 9.88 Å². The molecule has 1 aromatic rings. The van der Waals surface area contributed by atoms with E-state index in [2.05, 4.69) is 9.40 Å². The minimum atomic E-state index is -4.81. The Bertz CT molecular complexity index is 831. The highest BCUT2D eigenvalue weighted by atomic mass is 19.4. The maximum Gasteiger partial charge on any atom is 0.452 e. The number of allylic oxidation sites excluding steroid dienone is 2. The molecule has 9 heteroatoms. The van der Waals surface area contributed by atoms with Crippen LogP contribution in [0.3, 0.4) is 0 Å². The van der Waals surface area contributed by atoms with E-state index in [9.17, 15) is 22.8 Å². The monoisotopic (exact) mass is 383 g/mol. The van der Waals surface area contributed by atoms with Gasteiger partial charge in [0.05, 0.1) is 5.57 Å². The third-order valence-electron chi connectivity index (χ3n) is 4.53. The molecule has 0 saturated carbocycles. The average molecular weight is 383 g/mol. The van der Waals surface area contributed by atoms with E-state index < -0.39 is 29.0 Å². The molecule has 0 saturated heterocycles. The fourth-order valence-electron chi connectivity index (χ4n) is 3.16. The van der Waals surface area contributed by atoms with Gasteiger partial charge in [-0.1, -0.05) is 19.9 Å². The number of carbonyl (C=O) groups is 2. The molecule has 2 rings (SSSR count). The van der Waals surface area contributed by atoms with Crippen molar-refractivity contribution in [3.8, 4) is 6.07 Å². The summed E-state index contributed by atoms with van der Waals surface area (Å²) in [5, 5.41) is 9.11. The van der Waals surface area contributed by atoms with Crippen molar-refractivity contribution in [2.45, 2.75) is 39.8 Å². The van der Waals surface area contributed by atoms with Crippen LogP contribution in [-0.2, 0) is 11.0 Å². The van der Waals surface area contributed by atoms with Gasteiger partial charge >= 0.3 is 6.18 Å². The van der Waals surface area contributed by atoms with Crippen molar-refractivity contribution in [2.75, 3.05) is 13.6 Å². The molecule has 0 unspecified atom stereocenters. The third kappa shape index (κ3) is 4.38. The van der Waals surface area contributed by atoms with Crippen LogP contribution in [0.1, 0.15) is 48.8 Å². The van der Waals surface area contributed by atoms with Gasteiger partial charge in [0.25, 0.3) is 5.91 Å². The zero-order valence-corrected chi connectivity index (χ0v) is 15.5. The Morgan fingerprint density at radius 2 is 2.11 bits per heavy atom. The quantitative estimate of drug-likeness (QED) is 0.794. The number of hydrogen-bond acceptors (Lipinski definition) is 5. The zero-order chi connectivity index (χ0) is 20.6. The summed E-state index contributed by atoms with van der Waals surface area (Å²) in [6.07, 6.45) is -2.34. The van der Waals surface area contributed by atoms with Crippen LogP contribution >= 0.6 is 0 Å². The Morgan fingerprint density at radius 3 is 2.67 bits per heavy atom. The Labute approximate surface area is 154 Å². The highest BCUT2D eigenvalue weighted by Crippen LogP contribution is 2.37. The molecule has 146 valence electrons. The summed E-state index contributed by atoms with van der Waals surface area (Å²) in [7, 11) is 1.38. The van der Waals surface area contributed by atoms with Crippen molar-refractivity contribution in [3.05, 3.63) is 29.0 Å². The summed E-state index contributed by atoms with van der Waals surface area (Å²) in [6.45, 7) is 4.87. The number of nitrogens with zero attached hydrogens (tertiary/aromatic N) is 3. The fourth-order valence-corrected chi connectivity index (χ4v) is 3.16. The van der Waals surface area contributed by atoms with Gasteiger partial charge in [0.15, 0.2) is 17.4 Å². The van der Waals surface area contributed by atoms with E-state index in [0.717, 1.165) is 4.90 Å². The number of nitriles is 1. The number of oxazole rings is 1. The number of alkyl halides is 3. The molecular formula is C18H20F3N3O3. The van der Waals surface area contributed by atoms with Gasteiger partial charge in [-0.25, -0.2) is 4.98 Å². The van der Waals surface area contributed by atoms with Gasteiger partial charge < -0.3 is 9.32 Å².